The summed E-state index contributed by atoms with van der Waals surface area (Å²) in [6.07, 6.45) is 1.65. The molecule has 0 aliphatic heterocycles. The third-order valence-corrected chi connectivity index (χ3v) is 2.07. The van der Waals surface area contributed by atoms with Gasteiger partial charge in [0.05, 0.1) is 10.3 Å². The van der Waals surface area contributed by atoms with Gasteiger partial charge in [0.2, 0.25) is 0 Å². The molecule has 0 amide bonds. The highest BCUT2D eigenvalue weighted by molar-refractivity contribution is 8.93. The van der Waals surface area contributed by atoms with Crippen LogP contribution >= 0.6 is 17.0 Å². The van der Waals surface area contributed by atoms with Gasteiger partial charge in [-0.15, -0.1) is 17.0 Å². The number of rotatable bonds is 1. The topological polar surface area (TPSA) is 56.0 Å². The maximum absolute atomic E-state index is 10.7. The smallest absolute Gasteiger partial charge is 0.261 e. The molecular weight excluding hydrogens is 260 g/mol. The number of hydrogen-bond donors (Lipinski definition) is 0. The summed E-state index contributed by atoms with van der Waals surface area (Å²) in [5.74, 6) is 0. The number of aromatic nitrogens is 1. The third-order valence-electron chi connectivity index (χ3n) is 2.07. The van der Waals surface area contributed by atoms with Crippen LogP contribution in [-0.4, -0.2) is 9.91 Å². The van der Waals surface area contributed by atoms with Crippen LogP contribution in [0.1, 0.15) is 5.69 Å². The predicted molar refractivity (Wildman–Crippen MR) is 63.5 cm³/mol. The van der Waals surface area contributed by atoms with E-state index in [-0.39, 0.29) is 27.6 Å². The lowest BCUT2D eigenvalue weighted by atomic mass is 10.1. The fraction of sp³-hybridized carbons (Fsp3) is 0.100. The Labute approximate surface area is 96.9 Å². The zero-order valence-electron chi connectivity index (χ0n) is 8.01. The number of non-ortho nitro benzene ring substituents is 1. The molecule has 0 saturated heterocycles. The molecule has 0 aliphatic rings. The van der Waals surface area contributed by atoms with E-state index in [0.717, 1.165) is 11.1 Å². The fourth-order valence-corrected chi connectivity index (χ4v) is 1.42. The Kier molecular flexibility index (Phi) is 3.36. The van der Waals surface area contributed by atoms with Crippen molar-refractivity contribution in [1.82, 2.24) is 4.98 Å². The van der Waals surface area contributed by atoms with E-state index in [0.29, 0.717) is 5.39 Å². The molecule has 1 heterocycles. The Morgan fingerprint density at radius 2 is 2.13 bits per heavy atom. The number of nitrogens with zero attached hydrogens (tertiary/aromatic N) is 2. The van der Waals surface area contributed by atoms with Gasteiger partial charge in [0.15, 0.2) is 0 Å². The van der Waals surface area contributed by atoms with Gasteiger partial charge in [0.25, 0.3) is 5.69 Å². The lowest BCUT2D eigenvalue weighted by molar-refractivity contribution is -0.383. The molecule has 1 aromatic carbocycles. The van der Waals surface area contributed by atoms with E-state index in [1.54, 1.807) is 18.3 Å². The highest BCUT2D eigenvalue weighted by Gasteiger charge is 2.10. The van der Waals surface area contributed by atoms with Gasteiger partial charge >= 0.3 is 0 Å². The van der Waals surface area contributed by atoms with E-state index >= 15 is 0 Å². The first kappa shape index (κ1) is 11.6. The highest BCUT2D eigenvalue weighted by Crippen LogP contribution is 2.24. The van der Waals surface area contributed by atoms with Crippen LogP contribution < -0.4 is 0 Å². The van der Waals surface area contributed by atoms with Crippen molar-refractivity contribution in [3.8, 4) is 0 Å². The number of pyridine rings is 1. The van der Waals surface area contributed by atoms with Crippen molar-refractivity contribution in [2.24, 2.45) is 0 Å². The molecule has 2 aromatic rings. The first-order valence-corrected chi connectivity index (χ1v) is 4.18. The van der Waals surface area contributed by atoms with Crippen LogP contribution in [0.4, 0.5) is 5.69 Å². The lowest BCUT2D eigenvalue weighted by Crippen LogP contribution is -1.90. The largest absolute Gasteiger partial charge is 0.277 e. The van der Waals surface area contributed by atoms with Gasteiger partial charge in [-0.25, -0.2) is 0 Å². The van der Waals surface area contributed by atoms with Crippen molar-refractivity contribution < 1.29 is 4.92 Å². The van der Waals surface area contributed by atoms with E-state index in [9.17, 15) is 10.1 Å². The number of halogens is 1. The quantitative estimate of drug-likeness (QED) is 0.590. The molecule has 0 aliphatic carbocycles. The molecular formula is C10H9BrN2O2. The molecule has 5 heteroatoms. The van der Waals surface area contributed by atoms with E-state index in [2.05, 4.69) is 4.98 Å². The first-order valence-electron chi connectivity index (χ1n) is 4.18. The average molecular weight is 269 g/mol. The van der Waals surface area contributed by atoms with Gasteiger partial charge in [-0.2, -0.15) is 0 Å². The standard InChI is InChI=1S/C10H8N2O2.BrH/c1-7-5-9-8(6-11-7)3-2-4-10(9)12(13)14;/h2-6H,1H3;1H. The van der Waals surface area contributed by atoms with Gasteiger partial charge in [0, 0.05) is 23.3 Å². The molecule has 0 bridgehead atoms. The summed E-state index contributed by atoms with van der Waals surface area (Å²) in [5, 5.41) is 12.2. The Morgan fingerprint density at radius 1 is 1.40 bits per heavy atom. The summed E-state index contributed by atoms with van der Waals surface area (Å²) in [6, 6.07) is 6.71. The summed E-state index contributed by atoms with van der Waals surface area (Å²) < 4.78 is 0. The number of nitro benzene ring substituents is 1. The first-order chi connectivity index (χ1) is 6.68. The molecule has 0 fully saturated rings. The van der Waals surface area contributed by atoms with Crippen LogP contribution in [-0.2, 0) is 0 Å². The van der Waals surface area contributed by atoms with Gasteiger partial charge in [-0.05, 0) is 13.0 Å². The molecule has 0 spiro atoms. The van der Waals surface area contributed by atoms with Crippen molar-refractivity contribution >= 4 is 33.4 Å². The van der Waals surface area contributed by atoms with Crippen LogP contribution in [0.25, 0.3) is 10.8 Å². The summed E-state index contributed by atoms with van der Waals surface area (Å²) in [7, 11) is 0. The van der Waals surface area contributed by atoms with Gasteiger partial charge < -0.3 is 0 Å². The summed E-state index contributed by atoms with van der Waals surface area (Å²) >= 11 is 0. The molecule has 78 valence electrons. The Balaban J connectivity index is 0.00000112. The molecule has 15 heavy (non-hydrogen) atoms. The molecule has 4 nitrogen and oxygen atoms in total. The number of hydrogen-bond acceptors (Lipinski definition) is 3. The monoisotopic (exact) mass is 268 g/mol. The van der Waals surface area contributed by atoms with Crippen molar-refractivity contribution in [2.45, 2.75) is 6.92 Å². The van der Waals surface area contributed by atoms with E-state index in [1.165, 1.54) is 6.07 Å². The summed E-state index contributed by atoms with van der Waals surface area (Å²) in [5.41, 5.74) is 0.916. The minimum Gasteiger partial charge on any atom is -0.261 e. The Morgan fingerprint density at radius 3 is 2.80 bits per heavy atom. The number of nitro groups is 1. The molecule has 0 unspecified atom stereocenters. The number of aryl methyl sites for hydroxylation is 1. The molecule has 0 radical (unpaired) electrons. The maximum atomic E-state index is 10.7. The molecule has 0 atom stereocenters. The third kappa shape index (κ3) is 2.12. The van der Waals surface area contributed by atoms with Crippen LogP contribution in [0.3, 0.4) is 0 Å². The SMILES string of the molecule is Br.Cc1cc2c([N+](=O)[O-])cccc2cn1. The van der Waals surface area contributed by atoms with E-state index in [4.69, 9.17) is 0 Å². The summed E-state index contributed by atoms with van der Waals surface area (Å²) in [6.45, 7) is 1.82. The second kappa shape index (κ2) is 4.35. The second-order valence-electron chi connectivity index (χ2n) is 3.08. The molecule has 1 aromatic heterocycles. The second-order valence-corrected chi connectivity index (χ2v) is 3.08. The predicted octanol–water partition coefficient (Wildman–Crippen LogP) is 3.03. The van der Waals surface area contributed by atoms with Crippen molar-refractivity contribution in [2.75, 3.05) is 0 Å². The normalized spacial score (nSPS) is 9.67. The molecule has 0 saturated carbocycles. The minimum absolute atomic E-state index is 0. The number of fused-ring (bicyclic) bond motifs is 1. The van der Waals surface area contributed by atoms with Crippen LogP contribution in [0, 0.1) is 17.0 Å². The van der Waals surface area contributed by atoms with Crippen molar-refractivity contribution in [1.29, 1.82) is 0 Å². The highest BCUT2D eigenvalue weighted by atomic mass is 79.9. The van der Waals surface area contributed by atoms with Gasteiger partial charge in [-0.3, -0.25) is 15.1 Å². The van der Waals surface area contributed by atoms with Crippen molar-refractivity contribution in [3.05, 3.63) is 46.3 Å². The van der Waals surface area contributed by atoms with E-state index in [1.807, 2.05) is 13.0 Å². The van der Waals surface area contributed by atoms with Gasteiger partial charge in [0.1, 0.15) is 0 Å². The molecule has 0 N–H and O–H groups in total. The molecule has 2 rings (SSSR count). The summed E-state index contributed by atoms with van der Waals surface area (Å²) in [4.78, 5) is 14.4. The van der Waals surface area contributed by atoms with Crippen molar-refractivity contribution in [3.63, 3.8) is 0 Å². The van der Waals surface area contributed by atoms with Gasteiger partial charge in [-0.1, -0.05) is 12.1 Å². The minimum atomic E-state index is -0.373. The Bertz CT molecular complexity index is 514. The van der Waals surface area contributed by atoms with Crippen LogP contribution in [0.5, 0.6) is 0 Å². The zero-order chi connectivity index (χ0) is 10.1. The van der Waals surface area contributed by atoms with Crippen LogP contribution in [0.15, 0.2) is 30.5 Å². The maximum Gasteiger partial charge on any atom is 0.277 e. The van der Waals surface area contributed by atoms with E-state index < -0.39 is 0 Å². The van der Waals surface area contributed by atoms with Crippen LogP contribution in [0.2, 0.25) is 0 Å². The number of benzene rings is 1. The fourth-order valence-electron chi connectivity index (χ4n) is 1.42. The average Bonchev–Trinajstić information content (AvgIpc) is 2.16. The lowest BCUT2D eigenvalue weighted by Gasteiger charge is -1.99. The zero-order valence-corrected chi connectivity index (χ0v) is 9.72. The Hall–Kier alpha value is -1.49.